The first-order valence-electron chi connectivity index (χ1n) is 10.4. The van der Waals surface area contributed by atoms with E-state index in [4.69, 9.17) is 28.4 Å². The number of hydrogen-bond donors (Lipinski definition) is 0. The second-order valence-electron chi connectivity index (χ2n) is 8.49. The van der Waals surface area contributed by atoms with E-state index in [-0.39, 0.29) is 0 Å². The van der Waals surface area contributed by atoms with Crippen LogP contribution in [0.2, 0.25) is 0 Å². The summed E-state index contributed by atoms with van der Waals surface area (Å²) in [4.78, 5) is 49.4. The van der Waals surface area contributed by atoms with Crippen LogP contribution in [0.5, 0.6) is 0 Å². The first kappa shape index (κ1) is 23.9. The Kier molecular flexibility index (Phi) is 6.48. The van der Waals surface area contributed by atoms with Crippen LogP contribution in [-0.2, 0) is 47.6 Å². The third-order valence-electron chi connectivity index (χ3n) is 5.45. The molecule has 1 fully saturated rings. The predicted molar refractivity (Wildman–Crippen MR) is 107 cm³/mol. The van der Waals surface area contributed by atoms with Gasteiger partial charge in [0.05, 0.1) is 12.2 Å². The number of carbonyl (C=O) groups is 4. The second-order valence-corrected chi connectivity index (χ2v) is 8.49. The molecule has 0 radical (unpaired) electrons. The molecule has 3 rings (SSSR count). The number of cyclic esters (lactones) is 2. The van der Waals surface area contributed by atoms with Gasteiger partial charge in [0.1, 0.15) is 24.4 Å². The fourth-order valence-corrected chi connectivity index (χ4v) is 3.96. The lowest BCUT2D eigenvalue weighted by atomic mass is 9.73. The predicted octanol–water partition coefficient (Wildman–Crippen LogP) is 1.36. The molecule has 0 aromatic carbocycles. The van der Waals surface area contributed by atoms with E-state index in [1.54, 1.807) is 26.0 Å². The lowest BCUT2D eigenvalue weighted by molar-refractivity contribution is -0.273. The fraction of sp³-hybridized carbons (Fsp3) is 0.636. The van der Waals surface area contributed by atoms with Crippen LogP contribution in [0.25, 0.3) is 0 Å². The molecule has 10 nitrogen and oxygen atoms in total. The first-order chi connectivity index (χ1) is 14.9. The molecule has 0 unspecified atom stereocenters. The minimum atomic E-state index is -2.02. The van der Waals surface area contributed by atoms with Gasteiger partial charge >= 0.3 is 23.9 Å². The highest BCUT2D eigenvalue weighted by Gasteiger charge is 2.66. The third-order valence-corrected chi connectivity index (χ3v) is 5.45. The summed E-state index contributed by atoms with van der Waals surface area (Å²) in [5.41, 5.74) is -2.02. The van der Waals surface area contributed by atoms with Gasteiger partial charge in [-0.25, -0.2) is 0 Å². The smallest absolute Gasteiger partial charge is 0.332 e. The van der Waals surface area contributed by atoms with Crippen LogP contribution in [-0.4, -0.2) is 66.3 Å². The van der Waals surface area contributed by atoms with Crippen LogP contribution in [0.1, 0.15) is 41.5 Å². The molecule has 0 amide bonds. The number of hydrogen-bond acceptors (Lipinski definition) is 10. The van der Waals surface area contributed by atoms with Crippen molar-refractivity contribution in [2.24, 2.45) is 5.41 Å². The Morgan fingerprint density at radius 1 is 0.781 bits per heavy atom. The average molecular weight is 452 g/mol. The summed E-state index contributed by atoms with van der Waals surface area (Å²) in [7, 11) is 0. The molecular formula is C22H28O10. The average Bonchev–Trinajstić information content (AvgIpc) is 2.64. The second kappa shape index (κ2) is 8.67. The Morgan fingerprint density at radius 2 is 1.16 bits per heavy atom. The van der Waals surface area contributed by atoms with Gasteiger partial charge in [-0.1, -0.05) is 12.2 Å². The summed E-state index contributed by atoms with van der Waals surface area (Å²) in [6, 6.07) is 0. The topological polar surface area (TPSA) is 124 Å². The van der Waals surface area contributed by atoms with Crippen molar-refractivity contribution < 1.29 is 47.6 Å². The molecule has 3 heterocycles. The molecular weight excluding hydrogens is 424 g/mol. The van der Waals surface area contributed by atoms with Crippen molar-refractivity contribution in [2.45, 2.75) is 84.0 Å². The minimum absolute atomic E-state index is 0.495. The molecule has 0 N–H and O–H groups in total. The highest BCUT2D eigenvalue weighted by atomic mass is 16.7. The summed E-state index contributed by atoms with van der Waals surface area (Å²) >= 11 is 0. The number of rotatable bonds is 4. The Morgan fingerprint density at radius 3 is 1.47 bits per heavy atom. The SMILES string of the molecule is CC(=O)O[C@H]1C=C[C@@H](C2([C@H]3C=C[C@@H](OC(C)=O)[C@H](C)O3)C(=O)OC(C)(C)OC2=O)O[C@@H]1C. The monoisotopic (exact) mass is 452 g/mol. The van der Waals surface area contributed by atoms with E-state index in [1.165, 1.54) is 39.8 Å². The van der Waals surface area contributed by atoms with Gasteiger partial charge in [-0.3, -0.25) is 19.2 Å². The largest absolute Gasteiger partial charge is 0.456 e. The minimum Gasteiger partial charge on any atom is -0.456 e. The molecule has 176 valence electrons. The molecule has 0 bridgehead atoms. The zero-order valence-corrected chi connectivity index (χ0v) is 18.9. The maximum Gasteiger partial charge on any atom is 0.332 e. The van der Waals surface area contributed by atoms with Crippen molar-refractivity contribution in [3.63, 3.8) is 0 Å². The van der Waals surface area contributed by atoms with Crippen molar-refractivity contribution in [2.75, 3.05) is 0 Å². The molecule has 6 atom stereocenters. The van der Waals surface area contributed by atoms with E-state index in [0.717, 1.165) is 0 Å². The summed E-state index contributed by atoms with van der Waals surface area (Å²) in [5, 5.41) is 0. The highest BCUT2D eigenvalue weighted by Crippen LogP contribution is 2.45. The van der Waals surface area contributed by atoms with Crippen LogP contribution < -0.4 is 0 Å². The lowest BCUT2D eigenvalue weighted by Gasteiger charge is -2.48. The maximum atomic E-state index is 13.4. The standard InChI is InChI=1S/C22H28O10/c1-11-15(29-13(3)23)7-9-17(27-11)22(19(25)31-21(5,6)32-20(22)26)18-10-8-16(12(2)28-18)30-14(4)24/h7-12,15-18H,1-6H3/t11-,12+,15+,16-,17+,18-. The van der Waals surface area contributed by atoms with E-state index in [0.29, 0.717) is 0 Å². The van der Waals surface area contributed by atoms with Crippen molar-refractivity contribution >= 4 is 23.9 Å². The Balaban J connectivity index is 2.01. The molecule has 32 heavy (non-hydrogen) atoms. The van der Waals surface area contributed by atoms with Crippen LogP contribution in [0.3, 0.4) is 0 Å². The van der Waals surface area contributed by atoms with Gasteiger partial charge in [0.15, 0.2) is 0 Å². The van der Waals surface area contributed by atoms with Crippen molar-refractivity contribution in [1.82, 2.24) is 0 Å². The van der Waals surface area contributed by atoms with Crippen LogP contribution >= 0.6 is 0 Å². The molecule has 0 spiro atoms. The van der Waals surface area contributed by atoms with Crippen molar-refractivity contribution in [1.29, 1.82) is 0 Å². The molecule has 0 aromatic heterocycles. The zero-order chi connectivity index (χ0) is 23.8. The van der Waals surface area contributed by atoms with Gasteiger partial charge in [0.25, 0.3) is 5.79 Å². The Bertz CT molecular complexity index is 789. The van der Waals surface area contributed by atoms with Gasteiger partial charge in [0, 0.05) is 27.7 Å². The summed E-state index contributed by atoms with van der Waals surface area (Å²) in [5.74, 6) is -4.21. The van der Waals surface area contributed by atoms with Crippen LogP contribution in [0.4, 0.5) is 0 Å². The van der Waals surface area contributed by atoms with E-state index in [1.807, 2.05) is 0 Å². The van der Waals surface area contributed by atoms with Gasteiger partial charge in [-0.15, -0.1) is 0 Å². The van der Waals surface area contributed by atoms with Gasteiger partial charge < -0.3 is 28.4 Å². The number of ether oxygens (including phenoxy) is 6. The highest BCUT2D eigenvalue weighted by molar-refractivity contribution is 6.04. The Hall–Kier alpha value is -2.72. The molecule has 1 saturated heterocycles. The van der Waals surface area contributed by atoms with Gasteiger partial charge in [-0.2, -0.15) is 0 Å². The van der Waals surface area contributed by atoms with Crippen LogP contribution in [0, 0.1) is 5.41 Å². The quantitative estimate of drug-likeness (QED) is 0.267. The first-order valence-corrected chi connectivity index (χ1v) is 10.4. The van der Waals surface area contributed by atoms with Gasteiger partial charge in [0.2, 0.25) is 5.41 Å². The van der Waals surface area contributed by atoms with Gasteiger partial charge in [-0.05, 0) is 26.0 Å². The summed E-state index contributed by atoms with van der Waals surface area (Å²) in [6.07, 6.45) is 1.06. The zero-order valence-electron chi connectivity index (χ0n) is 18.9. The summed E-state index contributed by atoms with van der Waals surface area (Å²) < 4.78 is 33.2. The van der Waals surface area contributed by atoms with E-state index in [9.17, 15) is 19.2 Å². The molecule has 3 aliphatic heterocycles. The molecule has 0 aliphatic carbocycles. The number of carbonyl (C=O) groups excluding carboxylic acids is 4. The maximum absolute atomic E-state index is 13.4. The number of esters is 4. The lowest BCUT2D eigenvalue weighted by Crippen LogP contribution is -2.66. The molecule has 0 saturated carbocycles. The van der Waals surface area contributed by atoms with E-state index < -0.39 is 71.7 Å². The van der Waals surface area contributed by atoms with E-state index >= 15 is 0 Å². The van der Waals surface area contributed by atoms with Crippen molar-refractivity contribution in [3.8, 4) is 0 Å². The van der Waals surface area contributed by atoms with E-state index in [2.05, 4.69) is 0 Å². The Labute approximate surface area is 185 Å². The normalized spacial score (nSPS) is 35.4. The van der Waals surface area contributed by atoms with Crippen molar-refractivity contribution in [3.05, 3.63) is 24.3 Å². The molecule has 3 aliphatic rings. The fourth-order valence-electron chi connectivity index (χ4n) is 3.96. The third kappa shape index (κ3) is 4.42. The van der Waals surface area contributed by atoms with Crippen LogP contribution in [0.15, 0.2) is 24.3 Å². The summed E-state index contributed by atoms with van der Waals surface area (Å²) in [6.45, 7) is 8.73. The molecule has 10 heteroatoms. The molecule has 0 aromatic rings.